The summed E-state index contributed by atoms with van der Waals surface area (Å²) < 4.78 is 6.30. The summed E-state index contributed by atoms with van der Waals surface area (Å²) in [4.78, 5) is 12.2. The molecule has 1 N–H and O–H groups in total. The second-order valence-electron chi connectivity index (χ2n) is 5.56. The molecule has 1 aromatic rings. The predicted molar refractivity (Wildman–Crippen MR) is 79.4 cm³/mol. The van der Waals surface area contributed by atoms with Crippen LogP contribution in [0.4, 0.5) is 0 Å². The number of amides is 1. The van der Waals surface area contributed by atoms with Gasteiger partial charge in [-0.15, -0.1) is 0 Å². The Kier molecular flexibility index (Phi) is 4.63. The Morgan fingerprint density at radius 3 is 2.79 bits per heavy atom. The fourth-order valence-corrected chi connectivity index (χ4v) is 2.63. The van der Waals surface area contributed by atoms with Crippen LogP contribution < -0.4 is 5.32 Å². The minimum absolute atomic E-state index is 0.00603. The quantitative estimate of drug-likeness (QED) is 0.925. The fourth-order valence-electron chi connectivity index (χ4n) is 2.27. The van der Waals surface area contributed by atoms with Crippen molar-refractivity contribution in [2.75, 3.05) is 19.8 Å². The van der Waals surface area contributed by atoms with E-state index < -0.39 is 0 Å². The van der Waals surface area contributed by atoms with Gasteiger partial charge in [0, 0.05) is 29.8 Å². The first kappa shape index (κ1) is 14.5. The van der Waals surface area contributed by atoms with E-state index in [1.54, 1.807) is 0 Å². The SMILES string of the molecule is Cc1ccc(Br)cc1C(=O)NCC1(C)CCOCC1. The van der Waals surface area contributed by atoms with Crippen molar-refractivity contribution in [2.45, 2.75) is 26.7 Å². The molecule has 1 saturated heterocycles. The van der Waals surface area contributed by atoms with Gasteiger partial charge in [-0.25, -0.2) is 0 Å². The van der Waals surface area contributed by atoms with E-state index >= 15 is 0 Å². The van der Waals surface area contributed by atoms with Crippen molar-refractivity contribution in [2.24, 2.45) is 5.41 Å². The molecule has 19 heavy (non-hydrogen) atoms. The van der Waals surface area contributed by atoms with Crippen molar-refractivity contribution in [3.05, 3.63) is 33.8 Å². The molecular weight excluding hydrogens is 306 g/mol. The Labute approximate surface area is 122 Å². The Hall–Kier alpha value is -0.870. The van der Waals surface area contributed by atoms with Crippen LogP contribution in [-0.4, -0.2) is 25.7 Å². The molecule has 1 aliphatic heterocycles. The number of carbonyl (C=O) groups excluding carboxylic acids is 1. The molecule has 1 aliphatic rings. The Balaban J connectivity index is 1.99. The van der Waals surface area contributed by atoms with E-state index in [4.69, 9.17) is 4.74 Å². The van der Waals surface area contributed by atoms with E-state index in [0.717, 1.165) is 41.7 Å². The van der Waals surface area contributed by atoms with Crippen LogP contribution in [0.1, 0.15) is 35.7 Å². The van der Waals surface area contributed by atoms with E-state index in [1.807, 2.05) is 25.1 Å². The third-order valence-electron chi connectivity index (χ3n) is 3.82. The van der Waals surface area contributed by atoms with Gasteiger partial charge in [0.2, 0.25) is 0 Å². The zero-order valence-electron chi connectivity index (χ0n) is 11.5. The average molecular weight is 326 g/mol. The Morgan fingerprint density at radius 2 is 2.11 bits per heavy atom. The first-order valence-corrected chi connectivity index (χ1v) is 7.42. The van der Waals surface area contributed by atoms with Gasteiger partial charge < -0.3 is 10.1 Å². The highest BCUT2D eigenvalue weighted by Gasteiger charge is 2.28. The normalized spacial score (nSPS) is 18.1. The summed E-state index contributed by atoms with van der Waals surface area (Å²) >= 11 is 3.41. The highest BCUT2D eigenvalue weighted by atomic mass is 79.9. The van der Waals surface area contributed by atoms with Crippen molar-refractivity contribution in [1.82, 2.24) is 5.32 Å². The van der Waals surface area contributed by atoms with E-state index in [2.05, 4.69) is 28.2 Å². The number of benzene rings is 1. The predicted octanol–water partition coefficient (Wildman–Crippen LogP) is 3.30. The third-order valence-corrected chi connectivity index (χ3v) is 4.31. The summed E-state index contributed by atoms with van der Waals surface area (Å²) in [5.74, 6) is 0.00603. The maximum Gasteiger partial charge on any atom is 0.251 e. The first-order chi connectivity index (χ1) is 9.00. The lowest BCUT2D eigenvalue weighted by Crippen LogP contribution is -2.39. The molecule has 104 valence electrons. The molecule has 1 heterocycles. The van der Waals surface area contributed by atoms with Crippen molar-refractivity contribution < 1.29 is 9.53 Å². The molecule has 1 aromatic carbocycles. The largest absolute Gasteiger partial charge is 0.381 e. The van der Waals surface area contributed by atoms with Gasteiger partial charge in [-0.05, 0) is 42.9 Å². The second kappa shape index (κ2) is 6.06. The standard InChI is InChI=1S/C15H20BrNO2/c1-11-3-4-12(16)9-13(11)14(18)17-10-15(2)5-7-19-8-6-15/h3-4,9H,5-8,10H2,1-2H3,(H,17,18). The van der Waals surface area contributed by atoms with Crippen molar-refractivity contribution in [3.63, 3.8) is 0 Å². The zero-order valence-corrected chi connectivity index (χ0v) is 13.0. The van der Waals surface area contributed by atoms with Crippen molar-refractivity contribution >= 4 is 21.8 Å². The number of ether oxygens (including phenoxy) is 1. The minimum Gasteiger partial charge on any atom is -0.381 e. The molecule has 3 nitrogen and oxygen atoms in total. The molecule has 0 atom stereocenters. The molecule has 0 saturated carbocycles. The van der Waals surface area contributed by atoms with Gasteiger partial charge in [0.15, 0.2) is 0 Å². The van der Waals surface area contributed by atoms with Gasteiger partial charge in [-0.3, -0.25) is 4.79 Å². The van der Waals surface area contributed by atoms with Crippen LogP contribution in [0.3, 0.4) is 0 Å². The summed E-state index contributed by atoms with van der Waals surface area (Å²) in [7, 11) is 0. The molecule has 1 amide bonds. The number of hydrogen-bond acceptors (Lipinski definition) is 2. The first-order valence-electron chi connectivity index (χ1n) is 6.62. The summed E-state index contributed by atoms with van der Waals surface area (Å²) in [6.45, 7) is 6.47. The van der Waals surface area contributed by atoms with Gasteiger partial charge in [0.1, 0.15) is 0 Å². The number of hydrogen-bond donors (Lipinski definition) is 1. The van der Waals surface area contributed by atoms with Gasteiger partial charge in [-0.1, -0.05) is 28.9 Å². The molecule has 0 aliphatic carbocycles. The molecule has 0 bridgehead atoms. The molecule has 2 rings (SSSR count). The summed E-state index contributed by atoms with van der Waals surface area (Å²) in [5, 5.41) is 3.06. The number of aryl methyl sites for hydroxylation is 1. The van der Waals surface area contributed by atoms with Gasteiger partial charge >= 0.3 is 0 Å². The molecular formula is C15H20BrNO2. The van der Waals surface area contributed by atoms with E-state index in [1.165, 1.54) is 0 Å². The fraction of sp³-hybridized carbons (Fsp3) is 0.533. The zero-order chi connectivity index (χ0) is 13.9. The smallest absolute Gasteiger partial charge is 0.251 e. The van der Waals surface area contributed by atoms with Crippen LogP contribution in [0.15, 0.2) is 22.7 Å². The second-order valence-corrected chi connectivity index (χ2v) is 6.48. The number of halogens is 1. The highest BCUT2D eigenvalue weighted by Crippen LogP contribution is 2.28. The van der Waals surface area contributed by atoms with Crippen molar-refractivity contribution in [1.29, 1.82) is 0 Å². The summed E-state index contributed by atoms with van der Waals surface area (Å²) in [6, 6.07) is 5.78. The maximum absolute atomic E-state index is 12.2. The third kappa shape index (κ3) is 3.80. The van der Waals surface area contributed by atoms with E-state index in [9.17, 15) is 4.79 Å². The van der Waals surface area contributed by atoms with E-state index in [0.29, 0.717) is 6.54 Å². The minimum atomic E-state index is 0.00603. The lowest BCUT2D eigenvalue weighted by molar-refractivity contribution is 0.0238. The van der Waals surface area contributed by atoms with Crippen LogP contribution >= 0.6 is 15.9 Å². The average Bonchev–Trinajstić information content (AvgIpc) is 2.40. The van der Waals surface area contributed by atoms with Crippen LogP contribution in [0.5, 0.6) is 0 Å². The highest BCUT2D eigenvalue weighted by molar-refractivity contribution is 9.10. The van der Waals surface area contributed by atoms with E-state index in [-0.39, 0.29) is 11.3 Å². The maximum atomic E-state index is 12.2. The van der Waals surface area contributed by atoms with Crippen LogP contribution in [0.2, 0.25) is 0 Å². The van der Waals surface area contributed by atoms with Crippen LogP contribution in [-0.2, 0) is 4.74 Å². The molecule has 0 unspecified atom stereocenters. The van der Waals surface area contributed by atoms with Crippen LogP contribution in [0.25, 0.3) is 0 Å². The number of rotatable bonds is 3. The Morgan fingerprint density at radius 1 is 1.42 bits per heavy atom. The van der Waals surface area contributed by atoms with Crippen LogP contribution in [0, 0.1) is 12.3 Å². The van der Waals surface area contributed by atoms with Gasteiger partial charge in [-0.2, -0.15) is 0 Å². The number of carbonyl (C=O) groups is 1. The molecule has 1 fully saturated rings. The Bertz CT molecular complexity index is 467. The van der Waals surface area contributed by atoms with Gasteiger partial charge in [0.05, 0.1) is 0 Å². The van der Waals surface area contributed by atoms with Gasteiger partial charge in [0.25, 0.3) is 5.91 Å². The molecule has 0 spiro atoms. The topological polar surface area (TPSA) is 38.3 Å². The van der Waals surface area contributed by atoms with Crippen molar-refractivity contribution in [3.8, 4) is 0 Å². The lowest BCUT2D eigenvalue weighted by Gasteiger charge is -2.33. The molecule has 4 heteroatoms. The summed E-state index contributed by atoms with van der Waals surface area (Å²) in [5.41, 5.74) is 1.90. The monoisotopic (exact) mass is 325 g/mol. The number of nitrogens with one attached hydrogen (secondary N) is 1. The molecule has 0 aromatic heterocycles. The molecule has 0 radical (unpaired) electrons. The lowest BCUT2D eigenvalue weighted by atomic mass is 9.82. The summed E-state index contributed by atoms with van der Waals surface area (Å²) in [6.07, 6.45) is 2.01.